The number of ether oxygens (including phenoxy) is 1. The maximum atomic E-state index is 15.3. The molecule has 1 saturated heterocycles. The van der Waals surface area contributed by atoms with Gasteiger partial charge in [0.1, 0.15) is 17.7 Å². The molecule has 0 radical (unpaired) electrons. The van der Waals surface area contributed by atoms with E-state index in [4.69, 9.17) is 4.74 Å². The highest BCUT2D eigenvalue weighted by Crippen LogP contribution is 2.31. The second-order valence-electron chi connectivity index (χ2n) is 12.5. The Labute approximate surface area is 270 Å². The summed E-state index contributed by atoms with van der Waals surface area (Å²) < 4.78 is 36.8. The van der Waals surface area contributed by atoms with Crippen LogP contribution in [0.4, 0.5) is 14.5 Å². The van der Waals surface area contributed by atoms with Crippen LogP contribution in [0.25, 0.3) is 5.69 Å². The lowest BCUT2D eigenvalue weighted by Crippen LogP contribution is -2.42. The number of carbonyl (C=O) groups excluding carboxylic acids is 1. The van der Waals surface area contributed by atoms with Gasteiger partial charge in [0.2, 0.25) is 5.88 Å². The fourth-order valence-corrected chi connectivity index (χ4v) is 6.11. The molecule has 0 unspecified atom stereocenters. The highest BCUT2D eigenvalue weighted by molar-refractivity contribution is 6.03. The molecule has 0 bridgehead atoms. The fraction of sp³-hybridized carbons (Fsp3) is 0.382. The zero-order valence-electron chi connectivity index (χ0n) is 26.6. The lowest BCUT2D eigenvalue weighted by atomic mass is 9.95. The molecule has 0 spiro atoms. The molecule has 2 aromatic carbocycles. The van der Waals surface area contributed by atoms with Crippen molar-refractivity contribution in [2.24, 2.45) is 5.92 Å². The van der Waals surface area contributed by atoms with Gasteiger partial charge in [-0.2, -0.15) is 0 Å². The van der Waals surface area contributed by atoms with Gasteiger partial charge < -0.3 is 15.0 Å². The summed E-state index contributed by atoms with van der Waals surface area (Å²) in [5.74, 6) is -1.25. The first-order valence-electron chi connectivity index (χ1n) is 15.7. The first-order chi connectivity index (χ1) is 22.6. The van der Waals surface area contributed by atoms with E-state index in [2.05, 4.69) is 32.1 Å². The van der Waals surface area contributed by atoms with Crippen molar-refractivity contribution in [2.45, 2.75) is 45.7 Å². The van der Waals surface area contributed by atoms with Gasteiger partial charge in [-0.3, -0.25) is 19.1 Å². The number of nitrogens with zero attached hydrogens (tertiary/aromatic N) is 6. The second-order valence-corrected chi connectivity index (χ2v) is 12.5. The van der Waals surface area contributed by atoms with E-state index >= 15 is 4.39 Å². The molecule has 47 heavy (non-hydrogen) atoms. The van der Waals surface area contributed by atoms with Crippen molar-refractivity contribution in [3.63, 3.8) is 0 Å². The maximum absolute atomic E-state index is 15.3. The van der Waals surface area contributed by atoms with Gasteiger partial charge in [0.25, 0.3) is 11.5 Å². The Balaban J connectivity index is 1.18. The van der Waals surface area contributed by atoms with Crippen LogP contribution in [0, 0.1) is 17.6 Å². The van der Waals surface area contributed by atoms with E-state index in [9.17, 15) is 18.8 Å². The number of hydrogen-bond acceptors (Lipinski definition) is 8. The first kappa shape index (κ1) is 32.2. The van der Waals surface area contributed by atoms with Crippen LogP contribution in [-0.2, 0) is 13.0 Å². The minimum Gasteiger partial charge on any atom is -0.436 e. The molecule has 1 N–H and O–H groups in total. The van der Waals surface area contributed by atoms with Gasteiger partial charge in [0, 0.05) is 49.2 Å². The molecule has 1 fully saturated rings. The Morgan fingerprint density at radius 3 is 2.49 bits per heavy atom. The number of fused-ring (bicyclic) bond motifs is 1. The van der Waals surface area contributed by atoms with Crippen LogP contribution < -0.4 is 21.3 Å². The van der Waals surface area contributed by atoms with E-state index in [1.165, 1.54) is 54.2 Å². The third-order valence-corrected chi connectivity index (χ3v) is 8.80. The van der Waals surface area contributed by atoms with Crippen molar-refractivity contribution in [3.05, 3.63) is 104 Å². The Hall–Kier alpha value is -4.75. The fourth-order valence-electron chi connectivity index (χ4n) is 6.11. The Bertz CT molecular complexity index is 1900. The summed E-state index contributed by atoms with van der Waals surface area (Å²) in [5.41, 5.74) is -0.0265. The molecule has 0 saturated carbocycles. The lowest BCUT2D eigenvalue weighted by molar-refractivity contribution is 0.102. The average Bonchev–Trinajstić information content (AvgIpc) is 3.04. The van der Waals surface area contributed by atoms with E-state index < -0.39 is 34.8 Å². The Morgan fingerprint density at radius 2 is 1.79 bits per heavy atom. The smallest absolute Gasteiger partial charge is 0.335 e. The number of likely N-dealkylation sites (tertiary alicyclic amines) is 1. The molecule has 11 nitrogen and oxygen atoms in total. The van der Waals surface area contributed by atoms with Crippen molar-refractivity contribution in [3.8, 4) is 17.3 Å². The molecule has 2 aromatic heterocycles. The topological polar surface area (TPSA) is 115 Å². The van der Waals surface area contributed by atoms with Gasteiger partial charge in [-0.15, -0.1) is 0 Å². The molecule has 0 atom stereocenters. The van der Waals surface area contributed by atoms with Gasteiger partial charge >= 0.3 is 5.69 Å². The number of carbonyl (C=O) groups is 1. The van der Waals surface area contributed by atoms with Crippen LogP contribution in [0.1, 0.15) is 54.3 Å². The normalized spacial score (nSPS) is 15.9. The molecule has 1 amide bonds. The highest BCUT2D eigenvalue weighted by atomic mass is 19.1. The molecule has 4 heterocycles. The third kappa shape index (κ3) is 7.00. The van der Waals surface area contributed by atoms with E-state index in [1.54, 1.807) is 13.8 Å². The van der Waals surface area contributed by atoms with E-state index in [0.29, 0.717) is 24.8 Å². The van der Waals surface area contributed by atoms with Gasteiger partial charge in [0.05, 0.1) is 11.4 Å². The van der Waals surface area contributed by atoms with Crippen LogP contribution in [-0.4, -0.2) is 68.0 Å². The minimum absolute atomic E-state index is 0.0733. The number of hydrogen-bond donors (Lipinski definition) is 1. The second kappa shape index (κ2) is 13.5. The zero-order chi connectivity index (χ0) is 33.2. The number of amides is 1. The number of halogens is 2. The number of rotatable bonds is 8. The van der Waals surface area contributed by atoms with Crippen LogP contribution in [0.5, 0.6) is 11.6 Å². The Kier molecular flexibility index (Phi) is 9.28. The van der Waals surface area contributed by atoms with Crippen molar-refractivity contribution < 1.29 is 18.3 Å². The number of aromatic nitrogens is 4. The summed E-state index contributed by atoms with van der Waals surface area (Å²) in [6.45, 7) is 8.22. The summed E-state index contributed by atoms with van der Waals surface area (Å²) >= 11 is 0. The highest BCUT2D eigenvalue weighted by Gasteiger charge is 2.26. The minimum atomic E-state index is -0.894. The predicted molar refractivity (Wildman–Crippen MR) is 172 cm³/mol. The number of benzene rings is 2. The molecule has 13 heteroatoms. The summed E-state index contributed by atoms with van der Waals surface area (Å²) in [6, 6.07) is 8.29. The molecular formula is C34H37F2N7O4. The van der Waals surface area contributed by atoms with E-state index in [-0.39, 0.29) is 22.7 Å². The molecule has 4 aromatic rings. The molecule has 2 aliphatic rings. The molecule has 2 aliphatic heterocycles. The van der Waals surface area contributed by atoms with Gasteiger partial charge in [-0.1, -0.05) is 0 Å². The molecule has 246 valence electrons. The standard InChI is InChI=1S/C34H37F2N7O4/c1-21(2)42-18-27(33(45)43(34(42)46)25-7-4-23(35)5-8-25)31(44)39-24-6-9-30(28(36)16-24)47-32-26-12-15-41(19-29(26)37-20-38-32)17-22-10-13-40(3)14-11-22/h4-9,16,18,20-22H,10-15,17,19H2,1-3H3,(H,39,44). The Morgan fingerprint density at radius 1 is 1.04 bits per heavy atom. The monoisotopic (exact) mass is 645 g/mol. The van der Waals surface area contributed by atoms with E-state index in [0.717, 1.165) is 60.2 Å². The van der Waals surface area contributed by atoms with Gasteiger partial charge in [-0.25, -0.2) is 28.1 Å². The van der Waals surface area contributed by atoms with Crippen molar-refractivity contribution in [2.75, 3.05) is 38.5 Å². The van der Waals surface area contributed by atoms with Crippen molar-refractivity contribution in [1.29, 1.82) is 0 Å². The summed E-state index contributed by atoms with van der Waals surface area (Å²) in [4.78, 5) is 53.3. The van der Waals surface area contributed by atoms with Crippen molar-refractivity contribution >= 4 is 11.6 Å². The summed E-state index contributed by atoms with van der Waals surface area (Å²) in [7, 11) is 2.16. The summed E-state index contributed by atoms with van der Waals surface area (Å²) in [5, 5.41) is 2.54. The largest absolute Gasteiger partial charge is 0.436 e. The number of anilines is 1. The lowest BCUT2D eigenvalue weighted by Gasteiger charge is -2.35. The van der Waals surface area contributed by atoms with Gasteiger partial charge in [0.15, 0.2) is 11.6 Å². The van der Waals surface area contributed by atoms with Crippen LogP contribution in [0.2, 0.25) is 0 Å². The maximum Gasteiger partial charge on any atom is 0.335 e. The van der Waals surface area contributed by atoms with Gasteiger partial charge in [-0.05, 0) is 95.6 Å². The quantitative estimate of drug-likeness (QED) is 0.300. The number of piperidine rings is 1. The average molecular weight is 646 g/mol. The molecular weight excluding hydrogens is 608 g/mol. The molecule has 0 aliphatic carbocycles. The van der Waals surface area contributed by atoms with Crippen molar-refractivity contribution in [1.82, 2.24) is 28.9 Å². The predicted octanol–water partition coefficient (Wildman–Crippen LogP) is 4.39. The number of nitrogens with one attached hydrogen (secondary N) is 1. The zero-order valence-corrected chi connectivity index (χ0v) is 26.6. The third-order valence-electron chi connectivity index (χ3n) is 8.80. The van der Waals surface area contributed by atoms with Crippen LogP contribution >= 0.6 is 0 Å². The SMILES string of the molecule is CC(C)n1cc(C(=O)Nc2ccc(Oc3ncnc4c3CCN(CC3CCN(C)CC3)C4)c(F)c2)c(=O)n(-c2ccc(F)cc2)c1=O. The first-order valence-corrected chi connectivity index (χ1v) is 15.7. The van der Waals surface area contributed by atoms with E-state index in [1.807, 2.05) is 0 Å². The van der Waals surface area contributed by atoms with Crippen LogP contribution in [0.3, 0.4) is 0 Å². The summed E-state index contributed by atoms with van der Waals surface area (Å²) in [6.07, 6.45) is 5.65. The van der Waals surface area contributed by atoms with Crippen LogP contribution in [0.15, 0.2) is 64.6 Å². The molecule has 6 rings (SSSR count).